The lowest BCUT2D eigenvalue weighted by molar-refractivity contribution is -0.136. The van der Waals surface area contributed by atoms with E-state index < -0.39 is 5.97 Å². The number of piperidine rings is 1. The summed E-state index contributed by atoms with van der Waals surface area (Å²) in [6.07, 6.45) is 1.29. The second-order valence-corrected chi connectivity index (χ2v) is 5.88. The van der Waals surface area contributed by atoms with E-state index in [1.165, 1.54) is 6.42 Å². The predicted molar refractivity (Wildman–Crippen MR) is 68.6 cm³/mol. The lowest BCUT2D eigenvalue weighted by Gasteiger charge is -2.34. The highest BCUT2D eigenvalue weighted by molar-refractivity contribution is 7.13. The largest absolute Gasteiger partial charge is 0.481 e. The third-order valence-electron chi connectivity index (χ3n) is 3.01. The Morgan fingerprint density at radius 2 is 2.18 bits per heavy atom. The topological polar surface area (TPSA) is 53.4 Å². The molecule has 0 spiro atoms. The van der Waals surface area contributed by atoms with Crippen LogP contribution in [0.5, 0.6) is 0 Å². The third kappa shape index (κ3) is 3.19. The maximum atomic E-state index is 10.6. The van der Waals surface area contributed by atoms with Crippen molar-refractivity contribution in [1.82, 2.24) is 4.98 Å². The van der Waals surface area contributed by atoms with Crippen molar-refractivity contribution in [1.29, 1.82) is 0 Å². The van der Waals surface area contributed by atoms with Crippen molar-refractivity contribution in [2.75, 3.05) is 18.0 Å². The maximum Gasteiger partial charge on any atom is 0.309 e. The van der Waals surface area contributed by atoms with Gasteiger partial charge in [0.1, 0.15) is 0 Å². The van der Waals surface area contributed by atoms with E-state index in [4.69, 9.17) is 5.11 Å². The van der Waals surface area contributed by atoms with Crippen molar-refractivity contribution in [3.63, 3.8) is 0 Å². The Bertz CT molecular complexity index is 395. The van der Waals surface area contributed by atoms with Gasteiger partial charge in [-0.25, -0.2) is 4.98 Å². The molecule has 0 radical (unpaired) electrons. The van der Waals surface area contributed by atoms with Crippen molar-refractivity contribution in [2.45, 2.75) is 26.7 Å². The van der Waals surface area contributed by atoms with E-state index in [9.17, 15) is 4.79 Å². The molecule has 2 atom stereocenters. The zero-order chi connectivity index (χ0) is 12.4. The zero-order valence-electron chi connectivity index (χ0n) is 10.2. The van der Waals surface area contributed by atoms with E-state index in [1.54, 1.807) is 11.3 Å². The van der Waals surface area contributed by atoms with Crippen LogP contribution < -0.4 is 4.90 Å². The minimum atomic E-state index is -0.817. The first-order valence-electron chi connectivity index (χ1n) is 5.95. The molecule has 2 rings (SSSR count). The highest BCUT2D eigenvalue weighted by Crippen LogP contribution is 2.28. The number of carbonyl (C=O) groups is 1. The predicted octanol–water partition coefficient (Wildman–Crippen LogP) is 2.25. The minimum absolute atomic E-state index is 0.0233. The number of hydrogen-bond acceptors (Lipinski definition) is 4. The molecule has 1 aliphatic heterocycles. The van der Waals surface area contributed by atoms with E-state index >= 15 is 0 Å². The van der Waals surface area contributed by atoms with Crippen LogP contribution in [0.3, 0.4) is 0 Å². The first-order chi connectivity index (χ1) is 8.04. The molecule has 2 heterocycles. The highest BCUT2D eigenvalue weighted by atomic mass is 32.1. The first-order valence-corrected chi connectivity index (χ1v) is 6.83. The standard InChI is InChI=1S/C12H18N2O2S/c1-8-3-9(2)6-14(5-8)12-13-10(7-17-12)4-11(15)16/h7-9H,3-6H2,1-2H3,(H,15,16). The van der Waals surface area contributed by atoms with E-state index in [-0.39, 0.29) is 6.42 Å². The van der Waals surface area contributed by atoms with Gasteiger partial charge in [-0.15, -0.1) is 11.3 Å². The van der Waals surface area contributed by atoms with Crippen LogP contribution in [0.4, 0.5) is 5.13 Å². The molecular weight excluding hydrogens is 236 g/mol. The number of aliphatic carboxylic acids is 1. The minimum Gasteiger partial charge on any atom is -0.481 e. The van der Waals surface area contributed by atoms with E-state index in [1.807, 2.05) is 5.38 Å². The summed E-state index contributed by atoms with van der Waals surface area (Å²) in [7, 11) is 0. The summed E-state index contributed by atoms with van der Waals surface area (Å²) in [6, 6.07) is 0. The Balaban J connectivity index is 2.06. The molecule has 1 aromatic rings. The lowest BCUT2D eigenvalue weighted by Crippen LogP contribution is -2.38. The molecule has 0 bridgehead atoms. The average molecular weight is 254 g/mol. The molecule has 1 aromatic heterocycles. The van der Waals surface area contributed by atoms with Crippen LogP contribution in [0.15, 0.2) is 5.38 Å². The fraction of sp³-hybridized carbons (Fsp3) is 0.667. The van der Waals surface area contributed by atoms with Gasteiger partial charge < -0.3 is 10.0 Å². The van der Waals surface area contributed by atoms with Gasteiger partial charge in [-0.2, -0.15) is 0 Å². The van der Waals surface area contributed by atoms with Crippen molar-refractivity contribution in [3.8, 4) is 0 Å². The SMILES string of the molecule is CC1CC(C)CN(c2nc(CC(=O)O)cs2)C1. The summed E-state index contributed by atoms with van der Waals surface area (Å²) in [5.41, 5.74) is 0.670. The van der Waals surface area contributed by atoms with Crippen LogP contribution in [0.25, 0.3) is 0 Å². The number of thiazole rings is 1. The highest BCUT2D eigenvalue weighted by Gasteiger charge is 2.23. The average Bonchev–Trinajstić information content (AvgIpc) is 2.63. The smallest absolute Gasteiger partial charge is 0.309 e. The fourth-order valence-corrected chi connectivity index (χ4v) is 3.34. The molecular formula is C12H18N2O2S. The molecule has 94 valence electrons. The van der Waals surface area contributed by atoms with Gasteiger partial charge in [0.15, 0.2) is 5.13 Å². The molecule has 4 nitrogen and oxygen atoms in total. The Kier molecular flexibility index (Phi) is 3.66. The number of aromatic nitrogens is 1. The molecule has 0 aromatic carbocycles. The second kappa shape index (κ2) is 5.04. The fourth-order valence-electron chi connectivity index (χ4n) is 2.50. The molecule has 1 N–H and O–H groups in total. The normalized spacial score (nSPS) is 24.9. The van der Waals surface area contributed by atoms with Gasteiger partial charge in [-0.05, 0) is 18.3 Å². The number of carboxylic acids is 1. The van der Waals surface area contributed by atoms with Crippen LogP contribution in [-0.4, -0.2) is 29.1 Å². The summed E-state index contributed by atoms with van der Waals surface area (Å²) in [5.74, 6) is 0.554. The van der Waals surface area contributed by atoms with Gasteiger partial charge in [0, 0.05) is 18.5 Å². The number of anilines is 1. The maximum absolute atomic E-state index is 10.6. The molecule has 0 aliphatic carbocycles. The molecule has 5 heteroatoms. The second-order valence-electron chi connectivity index (χ2n) is 5.04. The van der Waals surface area contributed by atoms with Crippen LogP contribution in [0, 0.1) is 11.8 Å². The van der Waals surface area contributed by atoms with Gasteiger partial charge in [-0.3, -0.25) is 4.79 Å². The van der Waals surface area contributed by atoms with Crippen LogP contribution >= 0.6 is 11.3 Å². The number of nitrogens with zero attached hydrogens (tertiary/aromatic N) is 2. The van der Waals surface area contributed by atoms with E-state index in [0.717, 1.165) is 18.2 Å². The van der Waals surface area contributed by atoms with Crippen molar-refractivity contribution >= 4 is 22.4 Å². The van der Waals surface area contributed by atoms with Gasteiger partial charge >= 0.3 is 5.97 Å². The van der Waals surface area contributed by atoms with Crippen molar-refractivity contribution in [3.05, 3.63) is 11.1 Å². The van der Waals surface area contributed by atoms with Gasteiger partial charge in [0.2, 0.25) is 0 Å². The summed E-state index contributed by atoms with van der Waals surface area (Å²) in [5, 5.41) is 11.5. The quantitative estimate of drug-likeness (QED) is 0.899. The number of rotatable bonds is 3. The van der Waals surface area contributed by atoms with E-state index in [2.05, 4.69) is 23.7 Å². The monoisotopic (exact) mass is 254 g/mol. The molecule has 1 aliphatic rings. The molecule has 0 amide bonds. The lowest BCUT2D eigenvalue weighted by atomic mass is 9.92. The van der Waals surface area contributed by atoms with Crippen LogP contribution in [-0.2, 0) is 11.2 Å². The molecule has 1 fully saturated rings. The van der Waals surface area contributed by atoms with Crippen LogP contribution in [0.2, 0.25) is 0 Å². The third-order valence-corrected chi connectivity index (χ3v) is 3.96. The molecule has 17 heavy (non-hydrogen) atoms. The Morgan fingerprint density at radius 3 is 2.76 bits per heavy atom. The Labute approximate surface area is 105 Å². The van der Waals surface area contributed by atoms with Gasteiger partial charge in [0.05, 0.1) is 12.1 Å². The van der Waals surface area contributed by atoms with Gasteiger partial charge in [-0.1, -0.05) is 13.8 Å². The summed E-state index contributed by atoms with van der Waals surface area (Å²) >= 11 is 1.55. The Hall–Kier alpha value is -1.10. The van der Waals surface area contributed by atoms with Gasteiger partial charge in [0.25, 0.3) is 0 Å². The summed E-state index contributed by atoms with van der Waals surface area (Å²) < 4.78 is 0. The molecule has 0 saturated carbocycles. The van der Waals surface area contributed by atoms with Crippen LogP contribution in [0.1, 0.15) is 26.0 Å². The summed E-state index contributed by atoms with van der Waals surface area (Å²) in [4.78, 5) is 17.3. The summed E-state index contributed by atoms with van der Waals surface area (Å²) in [6.45, 7) is 6.58. The molecule has 1 saturated heterocycles. The van der Waals surface area contributed by atoms with Crippen molar-refractivity contribution in [2.24, 2.45) is 11.8 Å². The zero-order valence-corrected chi connectivity index (χ0v) is 11.0. The Morgan fingerprint density at radius 1 is 1.53 bits per heavy atom. The first kappa shape index (κ1) is 12.4. The number of hydrogen-bond donors (Lipinski definition) is 1. The number of carboxylic acid groups (broad SMARTS) is 1. The van der Waals surface area contributed by atoms with Crippen molar-refractivity contribution < 1.29 is 9.90 Å². The van der Waals surface area contributed by atoms with E-state index in [0.29, 0.717) is 17.5 Å². The molecule has 2 unspecified atom stereocenters.